The van der Waals surface area contributed by atoms with Crippen LogP contribution in [0.5, 0.6) is 5.75 Å². The van der Waals surface area contributed by atoms with Crippen molar-refractivity contribution in [2.45, 2.75) is 38.3 Å². The third-order valence-corrected chi connectivity index (χ3v) is 4.05. The Morgan fingerprint density at radius 2 is 1.80 bits per heavy atom. The smallest absolute Gasteiger partial charge is 0.123 e. The summed E-state index contributed by atoms with van der Waals surface area (Å²) < 4.78 is 5.96. The van der Waals surface area contributed by atoms with Crippen molar-refractivity contribution >= 4 is 0 Å². The molecule has 0 fully saturated rings. The van der Waals surface area contributed by atoms with Crippen molar-refractivity contribution in [1.29, 1.82) is 0 Å². The highest BCUT2D eigenvalue weighted by molar-refractivity contribution is 5.37. The fourth-order valence-electron chi connectivity index (χ4n) is 2.76. The van der Waals surface area contributed by atoms with E-state index < -0.39 is 0 Å². The van der Waals surface area contributed by atoms with E-state index in [0.29, 0.717) is 0 Å². The van der Waals surface area contributed by atoms with Gasteiger partial charge in [0.25, 0.3) is 0 Å². The standard InChI is InChI=1S/C18H21NO/c1-2-13-7-9-14(10-8-13)11-16(19)18-12-15-5-3-4-6-17(15)20-18/h3-10,16,18H,2,11-12,19H2,1H3. The van der Waals surface area contributed by atoms with Gasteiger partial charge in [0.15, 0.2) is 0 Å². The summed E-state index contributed by atoms with van der Waals surface area (Å²) in [7, 11) is 0. The molecule has 0 saturated heterocycles. The average molecular weight is 267 g/mol. The van der Waals surface area contributed by atoms with Gasteiger partial charge < -0.3 is 10.5 Å². The molecule has 2 N–H and O–H groups in total. The van der Waals surface area contributed by atoms with Crippen LogP contribution in [0.3, 0.4) is 0 Å². The fraction of sp³-hybridized carbons (Fsp3) is 0.333. The number of hydrogen-bond donors (Lipinski definition) is 1. The van der Waals surface area contributed by atoms with E-state index in [2.05, 4.69) is 43.3 Å². The maximum Gasteiger partial charge on any atom is 0.123 e. The van der Waals surface area contributed by atoms with E-state index in [1.165, 1.54) is 16.7 Å². The first-order valence-corrected chi connectivity index (χ1v) is 7.34. The van der Waals surface area contributed by atoms with E-state index in [1.807, 2.05) is 12.1 Å². The molecular formula is C18H21NO. The molecule has 1 heterocycles. The summed E-state index contributed by atoms with van der Waals surface area (Å²) in [6, 6.07) is 17.0. The second kappa shape index (κ2) is 5.68. The van der Waals surface area contributed by atoms with Crippen LogP contribution in [-0.4, -0.2) is 12.1 Å². The lowest BCUT2D eigenvalue weighted by Crippen LogP contribution is -2.39. The molecule has 3 rings (SSSR count). The first-order valence-electron chi connectivity index (χ1n) is 7.34. The predicted octanol–water partition coefficient (Wildman–Crippen LogP) is 3.12. The maximum absolute atomic E-state index is 6.34. The number of ether oxygens (including phenoxy) is 1. The van der Waals surface area contributed by atoms with Crippen molar-refractivity contribution in [3.8, 4) is 5.75 Å². The number of hydrogen-bond acceptors (Lipinski definition) is 2. The second-order valence-electron chi connectivity index (χ2n) is 5.51. The minimum Gasteiger partial charge on any atom is -0.488 e. The van der Waals surface area contributed by atoms with Crippen molar-refractivity contribution in [2.75, 3.05) is 0 Å². The maximum atomic E-state index is 6.34. The zero-order valence-corrected chi connectivity index (χ0v) is 11.9. The Morgan fingerprint density at radius 1 is 1.10 bits per heavy atom. The van der Waals surface area contributed by atoms with Gasteiger partial charge in [-0.1, -0.05) is 49.4 Å². The molecule has 2 unspecified atom stereocenters. The van der Waals surface area contributed by atoms with Crippen LogP contribution in [0.4, 0.5) is 0 Å². The summed E-state index contributed by atoms with van der Waals surface area (Å²) >= 11 is 0. The Bertz CT molecular complexity index is 551. The first kappa shape index (κ1) is 13.2. The Labute approximate surface area is 120 Å². The van der Waals surface area contributed by atoms with Gasteiger partial charge in [-0.2, -0.15) is 0 Å². The monoisotopic (exact) mass is 267 g/mol. The topological polar surface area (TPSA) is 35.2 Å². The molecule has 2 aromatic carbocycles. The van der Waals surface area contributed by atoms with E-state index >= 15 is 0 Å². The quantitative estimate of drug-likeness (QED) is 0.923. The highest BCUT2D eigenvalue weighted by atomic mass is 16.5. The van der Waals surface area contributed by atoms with Crippen LogP contribution in [0, 0.1) is 0 Å². The van der Waals surface area contributed by atoms with Crippen LogP contribution < -0.4 is 10.5 Å². The van der Waals surface area contributed by atoms with Crippen molar-refractivity contribution in [3.05, 3.63) is 65.2 Å². The van der Waals surface area contributed by atoms with Crippen LogP contribution in [0.1, 0.15) is 23.6 Å². The SMILES string of the molecule is CCc1ccc(CC(N)C2Cc3ccccc3O2)cc1. The van der Waals surface area contributed by atoms with Gasteiger partial charge in [0.2, 0.25) is 0 Å². The second-order valence-corrected chi connectivity index (χ2v) is 5.51. The van der Waals surface area contributed by atoms with Gasteiger partial charge >= 0.3 is 0 Å². The molecule has 0 bridgehead atoms. The number of aryl methyl sites for hydroxylation is 1. The lowest BCUT2D eigenvalue weighted by Gasteiger charge is -2.19. The number of benzene rings is 2. The van der Waals surface area contributed by atoms with E-state index in [-0.39, 0.29) is 12.1 Å². The summed E-state index contributed by atoms with van der Waals surface area (Å²) in [4.78, 5) is 0. The molecule has 0 spiro atoms. The van der Waals surface area contributed by atoms with Crippen LogP contribution in [0.25, 0.3) is 0 Å². The van der Waals surface area contributed by atoms with Crippen molar-refractivity contribution < 1.29 is 4.74 Å². The molecule has 2 atom stereocenters. The van der Waals surface area contributed by atoms with Gasteiger partial charge in [0.05, 0.1) is 0 Å². The lowest BCUT2D eigenvalue weighted by atomic mass is 9.98. The molecule has 2 aromatic rings. The van der Waals surface area contributed by atoms with E-state index in [9.17, 15) is 0 Å². The molecule has 1 aliphatic heterocycles. The van der Waals surface area contributed by atoms with Gasteiger partial charge in [-0.15, -0.1) is 0 Å². The van der Waals surface area contributed by atoms with Crippen molar-refractivity contribution in [3.63, 3.8) is 0 Å². The molecular weight excluding hydrogens is 246 g/mol. The Balaban J connectivity index is 1.64. The number of para-hydroxylation sites is 1. The summed E-state index contributed by atoms with van der Waals surface area (Å²) in [5.74, 6) is 0.995. The molecule has 0 saturated carbocycles. The average Bonchev–Trinajstić information content (AvgIpc) is 2.92. The van der Waals surface area contributed by atoms with Crippen LogP contribution in [0.2, 0.25) is 0 Å². The zero-order chi connectivity index (χ0) is 13.9. The third-order valence-electron chi connectivity index (χ3n) is 4.05. The van der Waals surface area contributed by atoms with Gasteiger partial charge in [-0.3, -0.25) is 0 Å². The van der Waals surface area contributed by atoms with E-state index in [4.69, 9.17) is 10.5 Å². The minimum atomic E-state index is 0.0369. The predicted molar refractivity (Wildman–Crippen MR) is 82.1 cm³/mol. The highest BCUT2D eigenvalue weighted by Crippen LogP contribution is 2.29. The molecule has 20 heavy (non-hydrogen) atoms. The normalized spacial score (nSPS) is 18.4. The molecule has 0 radical (unpaired) electrons. The van der Waals surface area contributed by atoms with Crippen molar-refractivity contribution in [1.82, 2.24) is 0 Å². The Hall–Kier alpha value is -1.80. The minimum absolute atomic E-state index is 0.0369. The molecule has 0 amide bonds. The summed E-state index contributed by atoms with van der Waals surface area (Å²) in [5.41, 5.74) is 10.3. The van der Waals surface area contributed by atoms with Crippen LogP contribution in [0.15, 0.2) is 48.5 Å². The summed E-state index contributed by atoms with van der Waals surface area (Å²) in [6.07, 6.45) is 2.96. The van der Waals surface area contributed by atoms with E-state index in [0.717, 1.165) is 25.0 Å². The van der Waals surface area contributed by atoms with Gasteiger partial charge in [-0.25, -0.2) is 0 Å². The van der Waals surface area contributed by atoms with E-state index in [1.54, 1.807) is 0 Å². The van der Waals surface area contributed by atoms with Crippen LogP contribution >= 0.6 is 0 Å². The Kier molecular flexibility index (Phi) is 3.75. The van der Waals surface area contributed by atoms with Crippen molar-refractivity contribution in [2.24, 2.45) is 5.73 Å². The van der Waals surface area contributed by atoms with Gasteiger partial charge in [-0.05, 0) is 35.6 Å². The molecule has 2 heteroatoms. The van der Waals surface area contributed by atoms with Crippen LogP contribution in [-0.2, 0) is 19.3 Å². The molecule has 104 valence electrons. The lowest BCUT2D eigenvalue weighted by molar-refractivity contribution is 0.198. The third kappa shape index (κ3) is 2.70. The zero-order valence-electron chi connectivity index (χ0n) is 11.9. The molecule has 1 aliphatic rings. The number of nitrogens with two attached hydrogens (primary N) is 1. The number of fused-ring (bicyclic) bond motifs is 1. The molecule has 0 aliphatic carbocycles. The largest absolute Gasteiger partial charge is 0.488 e. The fourth-order valence-corrected chi connectivity index (χ4v) is 2.76. The van der Waals surface area contributed by atoms with Gasteiger partial charge in [0, 0.05) is 12.5 Å². The highest BCUT2D eigenvalue weighted by Gasteiger charge is 2.27. The van der Waals surface area contributed by atoms with Gasteiger partial charge in [0.1, 0.15) is 11.9 Å². The molecule has 0 aromatic heterocycles. The number of rotatable bonds is 4. The molecule has 2 nitrogen and oxygen atoms in total. The summed E-state index contributed by atoms with van der Waals surface area (Å²) in [6.45, 7) is 2.17. The first-order chi connectivity index (χ1) is 9.76. The Morgan fingerprint density at radius 3 is 2.50 bits per heavy atom. The summed E-state index contributed by atoms with van der Waals surface area (Å²) in [5, 5.41) is 0.